The van der Waals surface area contributed by atoms with Gasteiger partial charge >= 0.3 is 0 Å². The third kappa shape index (κ3) is 3.81. The van der Waals surface area contributed by atoms with Crippen molar-refractivity contribution < 1.29 is 9.13 Å². The monoisotopic (exact) mass is 447 g/mol. The van der Waals surface area contributed by atoms with Gasteiger partial charge in [0.25, 0.3) is 0 Å². The summed E-state index contributed by atoms with van der Waals surface area (Å²) in [4.78, 5) is 18.3. The van der Waals surface area contributed by atoms with Gasteiger partial charge in [0.1, 0.15) is 17.7 Å². The average molecular weight is 448 g/mol. The molecule has 1 aromatic carbocycles. The van der Waals surface area contributed by atoms with Gasteiger partial charge in [0.2, 0.25) is 0 Å². The van der Waals surface area contributed by atoms with Crippen molar-refractivity contribution in [3.05, 3.63) is 59.6 Å². The highest BCUT2D eigenvalue weighted by atomic mass is 19.1. The van der Waals surface area contributed by atoms with Crippen LogP contribution in [-0.4, -0.2) is 57.2 Å². The fraction of sp³-hybridized carbons (Fsp3) is 0.417. The minimum absolute atomic E-state index is 0.245. The maximum atomic E-state index is 14.6. The molecule has 0 bridgehead atoms. The molecule has 6 rings (SSSR count). The van der Waals surface area contributed by atoms with Crippen molar-refractivity contribution in [1.82, 2.24) is 19.7 Å². The molecule has 0 amide bonds. The van der Waals surface area contributed by atoms with Gasteiger partial charge in [-0.1, -0.05) is 0 Å². The largest absolute Gasteiger partial charge is 0.484 e. The van der Waals surface area contributed by atoms with Crippen LogP contribution in [0.15, 0.2) is 41.9 Å². The first kappa shape index (κ1) is 20.1. The van der Waals surface area contributed by atoms with Gasteiger partial charge in [0.15, 0.2) is 11.6 Å². The number of hydrogen-bond donors (Lipinski definition) is 0. The van der Waals surface area contributed by atoms with Gasteiger partial charge in [-0.15, -0.1) is 0 Å². The Morgan fingerprint density at radius 1 is 1.03 bits per heavy atom. The number of anilines is 2. The zero-order chi connectivity index (χ0) is 22.6. The van der Waals surface area contributed by atoms with Crippen molar-refractivity contribution >= 4 is 17.2 Å². The van der Waals surface area contributed by atoms with Crippen LogP contribution in [0.1, 0.15) is 36.6 Å². The lowest BCUT2D eigenvalue weighted by atomic mass is 10.0. The normalized spacial score (nSPS) is 18.8. The minimum Gasteiger partial charge on any atom is -0.484 e. The maximum Gasteiger partial charge on any atom is 0.165 e. The number of aryl methyl sites for hydroxylation is 1. The first-order valence-corrected chi connectivity index (χ1v) is 11.3. The predicted octanol–water partition coefficient (Wildman–Crippen LogP) is 2.96. The lowest BCUT2D eigenvalue weighted by molar-refractivity contribution is 0.191. The molecule has 0 radical (unpaired) electrons. The molecule has 8 nitrogen and oxygen atoms in total. The average Bonchev–Trinajstić information content (AvgIpc) is 3.18. The highest BCUT2D eigenvalue weighted by molar-refractivity contribution is 6.14. The number of hydrogen-bond acceptors (Lipinski definition) is 7. The summed E-state index contributed by atoms with van der Waals surface area (Å²) >= 11 is 0. The number of halogens is 1. The van der Waals surface area contributed by atoms with Crippen LogP contribution >= 0.6 is 0 Å². The van der Waals surface area contributed by atoms with E-state index in [-0.39, 0.29) is 11.4 Å². The molecule has 3 aliphatic rings. The van der Waals surface area contributed by atoms with Crippen molar-refractivity contribution in [2.75, 3.05) is 36.0 Å². The summed E-state index contributed by atoms with van der Waals surface area (Å²) in [5.74, 6) is 0.850. The van der Waals surface area contributed by atoms with Gasteiger partial charge in [-0.2, -0.15) is 5.10 Å². The molecule has 1 aliphatic carbocycles. The molecule has 170 valence electrons. The quantitative estimate of drug-likeness (QED) is 0.599. The molecule has 0 unspecified atom stereocenters. The lowest BCUT2D eigenvalue weighted by Gasteiger charge is -2.36. The van der Waals surface area contributed by atoms with E-state index in [0.29, 0.717) is 12.3 Å². The number of fused-ring (bicyclic) bond motifs is 1. The van der Waals surface area contributed by atoms with Crippen LogP contribution in [0.25, 0.3) is 0 Å². The molecule has 1 saturated carbocycles. The number of piperazine rings is 1. The minimum atomic E-state index is -0.326. The van der Waals surface area contributed by atoms with Crippen LogP contribution in [0.2, 0.25) is 0 Å². The van der Waals surface area contributed by atoms with E-state index in [1.807, 2.05) is 37.1 Å². The second kappa shape index (κ2) is 7.54. The molecule has 0 spiro atoms. The molecule has 0 atom stereocenters. The Balaban J connectivity index is 1.21. The molecule has 1 saturated heterocycles. The Hall–Kier alpha value is -3.49. The summed E-state index contributed by atoms with van der Waals surface area (Å²) in [7, 11) is 1.93. The third-order valence-corrected chi connectivity index (χ3v) is 6.69. The SMILES string of the molecule is Cn1cc(N2CCN(c3cc(C4=NCc5cc(F)c(OC6(C)CC6)cc54)ncn3)CC2)cn1. The number of rotatable bonds is 5. The number of benzene rings is 1. The van der Waals surface area contributed by atoms with Gasteiger partial charge < -0.3 is 14.5 Å². The summed E-state index contributed by atoms with van der Waals surface area (Å²) in [5, 5.41) is 4.27. The smallest absolute Gasteiger partial charge is 0.165 e. The summed E-state index contributed by atoms with van der Waals surface area (Å²) in [6.45, 7) is 5.97. The van der Waals surface area contributed by atoms with Crippen LogP contribution < -0.4 is 14.5 Å². The Labute approximate surface area is 191 Å². The molecule has 0 N–H and O–H groups in total. The Kier molecular flexibility index (Phi) is 4.60. The van der Waals surface area contributed by atoms with Crippen LogP contribution in [-0.2, 0) is 13.6 Å². The molecular weight excluding hydrogens is 421 g/mol. The summed E-state index contributed by atoms with van der Waals surface area (Å²) in [6, 6.07) is 5.32. The van der Waals surface area contributed by atoms with Gasteiger partial charge in [0.05, 0.1) is 29.8 Å². The van der Waals surface area contributed by atoms with Crippen molar-refractivity contribution in [2.24, 2.45) is 12.0 Å². The predicted molar refractivity (Wildman–Crippen MR) is 124 cm³/mol. The zero-order valence-corrected chi connectivity index (χ0v) is 18.8. The highest BCUT2D eigenvalue weighted by Gasteiger charge is 2.41. The van der Waals surface area contributed by atoms with Crippen molar-refractivity contribution in [3.63, 3.8) is 0 Å². The third-order valence-electron chi connectivity index (χ3n) is 6.69. The van der Waals surface area contributed by atoms with Crippen LogP contribution in [0.3, 0.4) is 0 Å². The standard InChI is InChI=1S/C24H26FN7O/c1-24(3-4-24)33-21-10-18-16(9-19(21)25)12-26-23(18)20-11-22(28-15-27-20)32-7-5-31(6-8-32)17-13-29-30(2)14-17/h9-11,13-15H,3-8,12H2,1-2H3. The van der Waals surface area contributed by atoms with E-state index in [9.17, 15) is 4.39 Å². The first-order chi connectivity index (χ1) is 16.0. The zero-order valence-electron chi connectivity index (χ0n) is 18.8. The summed E-state index contributed by atoms with van der Waals surface area (Å²) < 4.78 is 22.3. The van der Waals surface area contributed by atoms with E-state index >= 15 is 0 Å². The van der Waals surface area contributed by atoms with E-state index in [1.54, 1.807) is 18.5 Å². The Morgan fingerprint density at radius 2 is 1.82 bits per heavy atom. The summed E-state index contributed by atoms with van der Waals surface area (Å²) in [6.07, 6.45) is 7.43. The topological polar surface area (TPSA) is 71.7 Å². The molecule has 3 aromatic rings. The summed E-state index contributed by atoms with van der Waals surface area (Å²) in [5.41, 5.74) is 4.17. The number of nitrogens with zero attached hydrogens (tertiary/aromatic N) is 7. The van der Waals surface area contributed by atoms with Crippen molar-refractivity contribution in [2.45, 2.75) is 31.9 Å². The molecule has 2 fully saturated rings. The van der Waals surface area contributed by atoms with Crippen LogP contribution in [0.4, 0.5) is 15.9 Å². The molecular formula is C24H26FN7O. The number of ether oxygens (including phenoxy) is 1. The van der Waals surface area contributed by atoms with Gasteiger partial charge in [0, 0.05) is 51.1 Å². The maximum absolute atomic E-state index is 14.6. The molecule has 4 heterocycles. The first-order valence-electron chi connectivity index (χ1n) is 11.3. The van der Waals surface area contributed by atoms with Gasteiger partial charge in [-0.05, 0) is 37.5 Å². The fourth-order valence-electron chi connectivity index (χ4n) is 4.45. The fourth-order valence-corrected chi connectivity index (χ4v) is 4.45. The molecule has 2 aliphatic heterocycles. The second-order valence-corrected chi connectivity index (χ2v) is 9.26. The van der Waals surface area contributed by atoms with E-state index in [1.165, 1.54) is 0 Å². The van der Waals surface area contributed by atoms with Crippen LogP contribution in [0, 0.1) is 5.82 Å². The number of aromatic nitrogens is 4. The highest BCUT2D eigenvalue weighted by Crippen LogP contribution is 2.41. The van der Waals surface area contributed by atoms with E-state index in [4.69, 9.17) is 4.74 Å². The molecule has 2 aromatic heterocycles. The Bertz CT molecular complexity index is 1240. The van der Waals surface area contributed by atoms with Gasteiger partial charge in [-0.3, -0.25) is 9.67 Å². The van der Waals surface area contributed by atoms with E-state index in [0.717, 1.165) is 73.1 Å². The number of aliphatic imine (C=N–C) groups is 1. The van der Waals surface area contributed by atoms with Crippen LogP contribution in [0.5, 0.6) is 5.75 Å². The van der Waals surface area contributed by atoms with E-state index < -0.39 is 0 Å². The second-order valence-electron chi connectivity index (χ2n) is 9.26. The Morgan fingerprint density at radius 3 is 2.55 bits per heavy atom. The molecule has 9 heteroatoms. The lowest BCUT2D eigenvalue weighted by Crippen LogP contribution is -2.46. The van der Waals surface area contributed by atoms with E-state index in [2.05, 4.69) is 29.9 Å². The van der Waals surface area contributed by atoms with Crippen molar-refractivity contribution in [1.29, 1.82) is 0 Å². The van der Waals surface area contributed by atoms with Gasteiger partial charge in [-0.25, -0.2) is 14.4 Å². The van der Waals surface area contributed by atoms with Crippen molar-refractivity contribution in [3.8, 4) is 5.75 Å². The molecule has 33 heavy (non-hydrogen) atoms.